The average molecular weight is 268 g/mol. The summed E-state index contributed by atoms with van der Waals surface area (Å²) in [7, 11) is 0. The summed E-state index contributed by atoms with van der Waals surface area (Å²) in [5.74, 6) is -2.35. The predicted octanol–water partition coefficient (Wildman–Crippen LogP) is 2.08. The first-order valence-electron chi connectivity index (χ1n) is 6.45. The normalized spacial score (nSPS) is 23.1. The molecule has 0 spiro atoms. The molecule has 1 heterocycles. The van der Waals surface area contributed by atoms with Gasteiger partial charge >= 0.3 is 0 Å². The van der Waals surface area contributed by atoms with Crippen molar-refractivity contribution in [3.8, 4) is 0 Å². The van der Waals surface area contributed by atoms with Crippen LogP contribution in [-0.2, 0) is 0 Å². The van der Waals surface area contributed by atoms with Crippen molar-refractivity contribution in [1.82, 2.24) is 10.6 Å². The van der Waals surface area contributed by atoms with Crippen LogP contribution in [0.25, 0.3) is 0 Å². The summed E-state index contributed by atoms with van der Waals surface area (Å²) in [6, 6.07) is 3.41. The number of amides is 1. The highest BCUT2D eigenvalue weighted by Crippen LogP contribution is 2.24. The number of carbonyl (C=O) groups is 1. The smallest absolute Gasteiger partial charge is 0.257 e. The van der Waals surface area contributed by atoms with Gasteiger partial charge in [-0.05, 0) is 36.9 Å². The molecule has 5 heteroatoms. The van der Waals surface area contributed by atoms with E-state index in [1.54, 1.807) is 0 Å². The third kappa shape index (κ3) is 3.29. The predicted molar refractivity (Wildman–Crippen MR) is 68.9 cm³/mol. The van der Waals surface area contributed by atoms with Gasteiger partial charge in [-0.25, -0.2) is 8.78 Å². The quantitative estimate of drug-likeness (QED) is 0.881. The molecule has 0 radical (unpaired) electrons. The van der Waals surface area contributed by atoms with Gasteiger partial charge in [0.2, 0.25) is 0 Å². The Balaban J connectivity index is 2.01. The highest BCUT2D eigenvalue weighted by atomic mass is 19.1. The maximum Gasteiger partial charge on any atom is 0.257 e. The highest BCUT2D eigenvalue weighted by molar-refractivity contribution is 5.94. The number of nitrogens with one attached hydrogen (secondary N) is 2. The van der Waals surface area contributed by atoms with Crippen LogP contribution in [0.5, 0.6) is 0 Å². The molecule has 1 aliphatic heterocycles. The van der Waals surface area contributed by atoms with Gasteiger partial charge in [-0.2, -0.15) is 0 Å². The van der Waals surface area contributed by atoms with Crippen molar-refractivity contribution in [3.63, 3.8) is 0 Å². The molecule has 1 fully saturated rings. The second kappa shape index (κ2) is 5.65. The van der Waals surface area contributed by atoms with Gasteiger partial charge in [-0.3, -0.25) is 4.79 Å². The van der Waals surface area contributed by atoms with Crippen LogP contribution in [0.1, 0.15) is 30.1 Å². The molecule has 2 rings (SSSR count). The van der Waals surface area contributed by atoms with E-state index in [1.165, 1.54) is 6.07 Å². The Bertz CT molecular complexity index is 450. The molecule has 1 aromatic carbocycles. The molecule has 0 saturated carbocycles. The van der Waals surface area contributed by atoms with E-state index in [1.807, 2.05) is 0 Å². The van der Waals surface area contributed by atoms with Crippen molar-refractivity contribution in [2.75, 3.05) is 19.6 Å². The van der Waals surface area contributed by atoms with Gasteiger partial charge in [0.15, 0.2) is 0 Å². The van der Waals surface area contributed by atoms with Crippen LogP contribution in [-0.4, -0.2) is 25.5 Å². The number of carbonyl (C=O) groups excluding carboxylic acids is 1. The lowest BCUT2D eigenvalue weighted by Crippen LogP contribution is -2.45. The molecule has 1 amide bonds. The third-order valence-corrected chi connectivity index (χ3v) is 3.55. The van der Waals surface area contributed by atoms with Gasteiger partial charge in [0.05, 0.1) is 0 Å². The van der Waals surface area contributed by atoms with Gasteiger partial charge in [0.1, 0.15) is 17.2 Å². The Labute approximate surface area is 111 Å². The Morgan fingerprint density at radius 2 is 2.11 bits per heavy atom. The Kier molecular flexibility index (Phi) is 4.14. The van der Waals surface area contributed by atoms with Gasteiger partial charge in [0.25, 0.3) is 5.91 Å². The number of piperidine rings is 1. The third-order valence-electron chi connectivity index (χ3n) is 3.55. The van der Waals surface area contributed by atoms with Crippen molar-refractivity contribution in [2.45, 2.75) is 19.8 Å². The summed E-state index contributed by atoms with van der Waals surface area (Å²) >= 11 is 0. The van der Waals surface area contributed by atoms with Gasteiger partial charge in [-0.15, -0.1) is 0 Å². The zero-order valence-corrected chi connectivity index (χ0v) is 10.9. The lowest BCUT2D eigenvalue weighted by molar-refractivity contribution is 0.0916. The molecule has 0 bridgehead atoms. The first-order chi connectivity index (χ1) is 9.02. The van der Waals surface area contributed by atoms with E-state index in [0.717, 1.165) is 38.1 Å². The molecule has 1 aliphatic rings. The van der Waals surface area contributed by atoms with Crippen molar-refractivity contribution in [3.05, 3.63) is 35.4 Å². The minimum absolute atomic E-state index is 0.0599. The minimum Gasteiger partial charge on any atom is -0.351 e. The molecular formula is C14H18F2N2O. The number of hydrogen-bond donors (Lipinski definition) is 2. The second-order valence-electron chi connectivity index (χ2n) is 5.37. The van der Waals surface area contributed by atoms with E-state index in [4.69, 9.17) is 0 Å². The topological polar surface area (TPSA) is 41.1 Å². The molecule has 1 unspecified atom stereocenters. The van der Waals surface area contributed by atoms with Crippen LogP contribution in [0.2, 0.25) is 0 Å². The molecule has 3 nitrogen and oxygen atoms in total. The van der Waals surface area contributed by atoms with Gasteiger partial charge in [-0.1, -0.05) is 13.0 Å². The Hall–Kier alpha value is -1.49. The Morgan fingerprint density at radius 1 is 1.42 bits per heavy atom. The van der Waals surface area contributed by atoms with E-state index < -0.39 is 23.1 Å². The molecule has 104 valence electrons. The Morgan fingerprint density at radius 3 is 2.68 bits per heavy atom. The van der Waals surface area contributed by atoms with Crippen molar-refractivity contribution in [2.24, 2.45) is 5.41 Å². The van der Waals surface area contributed by atoms with E-state index >= 15 is 0 Å². The van der Waals surface area contributed by atoms with Crippen LogP contribution in [0.15, 0.2) is 18.2 Å². The van der Waals surface area contributed by atoms with Crippen LogP contribution in [0.3, 0.4) is 0 Å². The maximum absolute atomic E-state index is 13.4. The van der Waals surface area contributed by atoms with Crippen LogP contribution in [0.4, 0.5) is 8.78 Å². The largest absolute Gasteiger partial charge is 0.351 e. The van der Waals surface area contributed by atoms with E-state index in [-0.39, 0.29) is 5.41 Å². The molecular weight excluding hydrogens is 250 g/mol. The summed E-state index contributed by atoms with van der Waals surface area (Å²) in [6.07, 6.45) is 2.03. The summed E-state index contributed by atoms with van der Waals surface area (Å²) in [5, 5.41) is 5.89. The lowest BCUT2D eigenvalue weighted by Gasteiger charge is -2.34. The number of benzene rings is 1. The number of halogens is 2. The second-order valence-corrected chi connectivity index (χ2v) is 5.37. The molecule has 19 heavy (non-hydrogen) atoms. The van der Waals surface area contributed by atoms with Crippen LogP contribution >= 0.6 is 0 Å². The molecule has 0 aromatic heterocycles. The monoisotopic (exact) mass is 268 g/mol. The van der Waals surface area contributed by atoms with E-state index in [9.17, 15) is 13.6 Å². The first-order valence-corrected chi connectivity index (χ1v) is 6.45. The van der Waals surface area contributed by atoms with Gasteiger partial charge < -0.3 is 10.6 Å². The lowest BCUT2D eigenvalue weighted by atomic mass is 9.83. The average Bonchev–Trinajstić information content (AvgIpc) is 2.37. The van der Waals surface area contributed by atoms with Crippen molar-refractivity contribution in [1.29, 1.82) is 0 Å². The highest BCUT2D eigenvalue weighted by Gasteiger charge is 2.28. The fourth-order valence-corrected chi connectivity index (χ4v) is 2.37. The fourth-order valence-electron chi connectivity index (χ4n) is 2.37. The van der Waals surface area contributed by atoms with E-state index in [0.29, 0.717) is 6.54 Å². The minimum atomic E-state index is -0.829. The summed E-state index contributed by atoms with van der Waals surface area (Å²) in [5.41, 5.74) is -0.565. The van der Waals surface area contributed by atoms with Crippen molar-refractivity contribution >= 4 is 5.91 Å². The molecule has 1 saturated heterocycles. The molecule has 1 atom stereocenters. The summed E-state index contributed by atoms with van der Waals surface area (Å²) in [4.78, 5) is 11.9. The van der Waals surface area contributed by atoms with Crippen LogP contribution in [0, 0.1) is 17.0 Å². The standard InChI is InChI=1S/C14H18F2N2O/c1-14(6-3-7-17-8-14)9-18-13(19)12-10(15)4-2-5-11(12)16/h2,4-5,17H,3,6-9H2,1H3,(H,18,19). The molecule has 2 N–H and O–H groups in total. The zero-order valence-electron chi connectivity index (χ0n) is 10.9. The maximum atomic E-state index is 13.4. The first kappa shape index (κ1) is 13.9. The van der Waals surface area contributed by atoms with Gasteiger partial charge in [0, 0.05) is 13.1 Å². The molecule has 1 aromatic rings. The fraction of sp³-hybridized carbons (Fsp3) is 0.500. The number of hydrogen-bond acceptors (Lipinski definition) is 2. The van der Waals surface area contributed by atoms with Crippen molar-refractivity contribution < 1.29 is 13.6 Å². The number of rotatable bonds is 3. The SMILES string of the molecule is CC1(CNC(=O)c2c(F)cccc2F)CCCNC1. The van der Waals surface area contributed by atoms with Crippen LogP contribution < -0.4 is 10.6 Å². The summed E-state index contributed by atoms with van der Waals surface area (Å²) < 4.78 is 26.9. The zero-order chi connectivity index (χ0) is 13.9. The van der Waals surface area contributed by atoms with E-state index in [2.05, 4.69) is 17.6 Å². The summed E-state index contributed by atoms with van der Waals surface area (Å²) in [6.45, 7) is 4.24. The molecule has 0 aliphatic carbocycles.